The number of hydrogen-bond donors (Lipinski definition) is 2. The molecule has 0 amide bonds. The van der Waals surface area contributed by atoms with Crippen LogP contribution in [0.15, 0.2) is 18.2 Å². The molecular formula is C14H21N3. The van der Waals surface area contributed by atoms with Crippen molar-refractivity contribution in [2.45, 2.75) is 38.6 Å². The summed E-state index contributed by atoms with van der Waals surface area (Å²) in [5.74, 6) is 1.00. The topological polar surface area (TPSA) is 37.0 Å². The Labute approximate surface area is 103 Å². The van der Waals surface area contributed by atoms with E-state index in [4.69, 9.17) is 0 Å². The maximum Gasteiger partial charge on any atom is 0.126 e. The van der Waals surface area contributed by atoms with E-state index in [0.29, 0.717) is 6.04 Å². The zero-order valence-electron chi connectivity index (χ0n) is 10.5. The van der Waals surface area contributed by atoms with Gasteiger partial charge in [0.15, 0.2) is 0 Å². The van der Waals surface area contributed by atoms with Crippen LogP contribution in [0.5, 0.6) is 0 Å². The third-order valence-electron chi connectivity index (χ3n) is 4.14. The Kier molecular flexibility index (Phi) is 2.79. The quantitative estimate of drug-likeness (QED) is 0.838. The summed E-state index contributed by atoms with van der Waals surface area (Å²) in [5.41, 5.74) is 1.79. The van der Waals surface area contributed by atoms with Gasteiger partial charge in [-0.2, -0.15) is 0 Å². The zero-order chi connectivity index (χ0) is 11.7. The van der Waals surface area contributed by atoms with E-state index >= 15 is 0 Å². The van der Waals surface area contributed by atoms with Gasteiger partial charge >= 0.3 is 0 Å². The van der Waals surface area contributed by atoms with Crippen LogP contribution in [0, 0.1) is 12.3 Å². The molecule has 1 atom stereocenters. The molecule has 2 aliphatic rings. The summed E-state index contributed by atoms with van der Waals surface area (Å²) >= 11 is 0. The lowest BCUT2D eigenvalue weighted by atomic mass is 9.89. The van der Waals surface area contributed by atoms with Gasteiger partial charge in [-0.1, -0.05) is 6.07 Å². The molecular weight excluding hydrogens is 210 g/mol. The van der Waals surface area contributed by atoms with Crippen LogP contribution in [0.1, 0.15) is 31.4 Å². The molecule has 1 aromatic rings. The fourth-order valence-electron chi connectivity index (χ4n) is 2.88. The second kappa shape index (κ2) is 4.30. The number of piperidine rings is 1. The van der Waals surface area contributed by atoms with E-state index < -0.39 is 0 Å². The Hall–Kier alpha value is -1.09. The molecule has 3 nitrogen and oxygen atoms in total. The monoisotopic (exact) mass is 231 g/mol. The Bertz CT molecular complexity index is 398. The molecule has 2 heterocycles. The Balaban J connectivity index is 1.53. The smallest absolute Gasteiger partial charge is 0.126 e. The van der Waals surface area contributed by atoms with Crippen molar-refractivity contribution in [2.24, 2.45) is 5.41 Å². The highest BCUT2D eigenvalue weighted by Gasteiger charge is 2.45. The molecule has 1 spiro atoms. The van der Waals surface area contributed by atoms with Crippen LogP contribution in [0.4, 0.5) is 5.82 Å². The van der Waals surface area contributed by atoms with Gasteiger partial charge in [-0.25, -0.2) is 4.98 Å². The van der Waals surface area contributed by atoms with Gasteiger partial charge in [0.05, 0.1) is 0 Å². The minimum atomic E-state index is 0.619. The molecule has 3 heteroatoms. The van der Waals surface area contributed by atoms with E-state index in [1.807, 2.05) is 19.1 Å². The Morgan fingerprint density at radius 2 is 2.29 bits per heavy atom. The van der Waals surface area contributed by atoms with Crippen LogP contribution < -0.4 is 10.6 Å². The summed E-state index contributed by atoms with van der Waals surface area (Å²) in [7, 11) is 0. The number of pyridine rings is 1. The van der Waals surface area contributed by atoms with Crippen LogP contribution in [0.25, 0.3) is 0 Å². The molecule has 1 aliphatic heterocycles. The summed E-state index contributed by atoms with van der Waals surface area (Å²) < 4.78 is 0. The highest BCUT2D eigenvalue weighted by atomic mass is 15.0. The minimum Gasteiger partial charge on any atom is -0.369 e. The predicted octanol–water partition coefficient (Wildman–Crippen LogP) is 2.33. The number of nitrogens with zero attached hydrogens (tertiary/aromatic N) is 1. The van der Waals surface area contributed by atoms with Crippen LogP contribution in [0.3, 0.4) is 0 Å². The van der Waals surface area contributed by atoms with Crippen molar-refractivity contribution in [3.8, 4) is 0 Å². The van der Waals surface area contributed by atoms with Gasteiger partial charge < -0.3 is 10.6 Å². The summed E-state index contributed by atoms with van der Waals surface area (Å²) in [6.07, 6.45) is 5.62. The van der Waals surface area contributed by atoms with E-state index in [-0.39, 0.29) is 0 Å². The second-order valence-corrected chi connectivity index (χ2v) is 5.65. The molecule has 1 saturated heterocycles. The molecule has 0 unspecified atom stereocenters. The number of rotatable bonds is 3. The number of nitrogens with one attached hydrogen (secondary N) is 2. The molecule has 1 saturated carbocycles. The van der Waals surface area contributed by atoms with Crippen molar-refractivity contribution >= 4 is 5.82 Å². The van der Waals surface area contributed by atoms with E-state index in [2.05, 4.69) is 21.7 Å². The van der Waals surface area contributed by atoms with Crippen molar-refractivity contribution in [1.29, 1.82) is 0 Å². The lowest BCUT2D eigenvalue weighted by Gasteiger charge is -2.30. The molecule has 2 N–H and O–H groups in total. The summed E-state index contributed by atoms with van der Waals surface area (Å²) in [5, 5.41) is 7.06. The molecule has 3 rings (SSSR count). The Morgan fingerprint density at radius 1 is 1.41 bits per heavy atom. The van der Waals surface area contributed by atoms with Crippen molar-refractivity contribution in [1.82, 2.24) is 10.3 Å². The molecule has 2 fully saturated rings. The van der Waals surface area contributed by atoms with E-state index in [1.165, 1.54) is 32.2 Å². The van der Waals surface area contributed by atoms with Gasteiger partial charge in [0.1, 0.15) is 5.82 Å². The maximum absolute atomic E-state index is 4.47. The normalized spacial score (nSPS) is 25.8. The fraction of sp³-hybridized carbons (Fsp3) is 0.643. The SMILES string of the molecule is Cc1cccc(NC[C@@H]2CC3(CCN2)CC3)n1. The summed E-state index contributed by atoms with van der Waals surface area (Å²) in [6, 6.07) is 6.75. The summed E-state index contributed by atoms with van der Waals surface area (Å²) in [4.78, 5) is 4.47. The first-order valence-corrected chi connectivity index (χ1v) is 6.67. The van der Waals surface area contributed by atoms with Crippen LogP contribution >= 0.6 is 0 Å². The van der Waals surface area contributed by atoms with Gasteiger partial charge in [0.2, 0.25) is 0 Å². The van der Waals surface area contributed by atoms with E-state index in [9.17, 15) is 0 Å². The van der Waals surface area contributed by atoms with E-state index in [0.717, 1.165) is 23.5 Å². The molecule has 92 valence electrons. The lowest BCUT2D eigenvalue weighted by molar-refractivity contribution is 0.290. The predicted molar refractivity (Wildman–Crippen MR) is 70.2 cm³/mol. The van der Waals surface area contributed by atoms with Crippen LogP contribution in [-0.2, 0) is 0 Å². The third-order valence-corrected chi connectivity index (χ3v) is 4.14. The molecule has 1 aliphatic carbocycles. The van der Waals surface area contributed by atoms with Gasteiger partial charge in [0, 0.05) is 18.3 Å². The highest BCUT2D eigenvalue weighted by Crippen LogP contribution is 2.53. The van der Waals surface area contributed by atoms with E-state index in [1.54, 1.807) is 0 Å². The first-order valence-electron chi connectivity index (χ1n) is 6.67. The van der Waals surface area contributed by atoms with Crippen molar-refractivity contribution in [3.05, 3.63) is 23.9 Å². The van der Waals surface area contributed by atoms with Gasteiger partial charge in [-0.15, -0.1) is 0 Å². The zero-order valence-corrected chi connectivity index (χ0v) is 10.5. The first-order chi connectivity index (χ1) is 8.26. The Morgan fingerprint density at radius 3 is 3.06 bits per heavy atom. The second-order valence-electron chi connectivity index (χ2n) is 5.65. The first kappa shape index (κ1) is 11.0. The molecule has 0 radical (unpaired) electrons. The number of aromatic nitrogens is 1. The largest absolute Gasteiger partial charge is 0.369 e. The average molecular weight is 231 g/mol. The lowest BCUT2D eigenvalue weighted by Crippen LogP contribution is -2.43. The fourth-order valence-corrected chi connectivity index (χ4v) is 2.88. The number of hydrogen-bond acceptors (Lipinski definition) is 3. The van der Waals surface area contributed by atoms with Crippen molar-refractivity contribution in [3.63, 3.8) is 0 Å². The van der Waals surface area contributed by atoms with Crippen molar-refractivity contribution in [2.75, 3.05) is 18.4 Å². The third kappa shape index (κ3) is 2.60. The summed E-state index contributed by atoms with van der Waals surface area (Å²) in [6.45, 7) is 4.22. The average Bonchev–Trinajstić information content (AvgIpc) is 3.06. The molecule has 0 aromatic carbocycles. The minimum absolute atomic E-state index is 0.619. The van der Waals surface area contributed by atoms with Gasteiger partial charge in [0.25, 0.3) is 0 Å². The van der Waals surface area contributed by atoms with Gasteiger partial charge in [-0.05, 0) is 56.7 Å². The standard InChI is InChI=1S/C14H21N3/c1-11-3-2-4-13(17-11)16-10-12-9-14(5-6-14)7-8-15-12/h2-4,12,15H,5-10H2,1H3,(H,16,17)/t12-/m0/s1. The number of aryl methyl sites for hydroxylation is 1. The molecule has 17 heavy (non-hydrogen) atoms. The van der Waals surface area contributed by atoms with Crippen LogP contribution in [0.2, 0.25) is 0 Å². The highest BCUT2D eigenvalue weighted by molar-refractivity contribution is 5.35. The van der Waals surface area contributed by atoms with Crippen molar-refractivity contribution < 1.29 is 0 Å². The van der Waals surface area contributed by atoms with Gasteiger partial charge in [-0.3, -0.25) is 0 Å². The van der Waals surface area contributed by atoms with Crippen LogP contribution in [-0.4, -0.2) is 24.1 Å². The molecule has 1 aromatic heterocycles. The molecule has 0 bridgehead atoms. The number of anilines is 1. The maximum atomic E-state index is 4.47.